The molecule has 0 spiro atoms. The van der Waals surface area contributed by atoms with E-state index in [2.05, 4.69) is 15.6 Å². The molecule has 2 rings (SSSR count). The highest BCUT2D eigenvalue weighted by molar-refractivity contribution is 6.00. The molecule has 1 heterocycles. The van der Waals surface area contributed by atoms with Crippen LogP contribution in [-0.2, 0) is 0 Å². The second-order valence-corrected chi connectivity index (χ2v) is 4.31. The van der Waals surface area contributed by atoms with Crippen LogP contribution < -0.4 is 10.6 Å². The van der Waals surface area contributed by atoms with Gasteiger partial charge in [0, 0.05) is 11.9 Å². The van der Waals surface area contributed by atoms with Crippen molar-refractivity contribution < 1.29 is 19.1 Å². The van der Waals surface area contributed by atoms with Crippen LogP contribution in [0.2, 0.25) is 0 Å². The van der Waals surface area contributed by atoms with Gasteiger partial charge in [-0.25, -0.2) is 14.0 Å². The first-order valence-electron chi connectivity index (χ1n) is 5.98. The number of hydrogen-bond acceptors (Lipinski definition) is 3. The van der Waals surface area contributed by atoms with E-state index >= 15 is 0 Å². The molecule has 0 aliphatic rings. The number of anilines is 2. The summed E-state index contributed by atoms with van der Waals surface area (Å²) < 4.78 is 13.1. The summed E-state index contributed by atoms with van der Waals surface area (Å²) in [7, 11) is 0. The predicted octanol–water partition coefficient (Wildman–Crippen LogP) is 2.87. The molecule has 1 aromatic heterocycles. The molecule has 2 amide bonds. The van der Waals surface area contributed by atoms with Crippen LogP contribution in [0, 0.1) is 12.7 Å². The van der Waals surface area contributed by atoms with Gasteiger partial charge in [0.2, 0.25) is 0 Å². The molecular formula is C14H12FN3O3. The lowest BCUT2D eigenvalue weighted by atomic mass is 10.2. The van der Waals surface area contributed by atoms with E-state index in [0.29, 0.717) is 11.3 Å². The van der Waals surface area contributed by atoms with Crippen molar-refractivity contribution in [3.63, 3.8) is 0 Å². The fourth-order valence-electron chi connectivity index (χ4n) is 1.64. The van der Waals surface area contributed by atoms with Crippen molar-refractivity contribution in [2.45, 2.75) is 6.92 Å². The second kappa shape index (κ2) is 6.00. The smallest absolute Gasteiger partial charge is 0.337 e. The van der Waals surface area contributed by atoms with Gasteiger partial charge in [0.1, 0.15) is 5.82 Å². The average Bonchev–Trinajstić information content (AvgIpc) is 2.43. The number of pyridine rings is 1. The number of carbonyl (C=O) groups excluding carboxylic acids is 1. The van der Waals surface area contributed by atoms with Gasteiger partial charge in [-0.3, -0.25) is 4.98 Å². The second-order valence-electron chi connectivity index (χ2n) is 4.31. The number of carboxylic acids is 1. The highest BCUT2D eigenvalue weighted by atomic mass is 19.1. The van der Waals surface area contributed by atoms with Crippen molar-refractivity contribution in [2.24, 2.45) is 0 Å². The number of halogens is 1. The maximum absolute atomic E-state index is 13.1. The van der Waals surface area contributed by atoms with Crippen LogP contribution in [0.5, 0.6) is 0 Å². The van der Waals surface area contributed by atoms with Gasteiger partial charge < -0.3 is 15.7 Å². The van der Waals surface area contributed by atoms with Gasteiger partial charge in [-0.05, 0) is 30.7 Å². The van der Waals surface area contributed by atoms with Gasteiger partial charge >= 0.3 is 12.0 Å². The summed E-state index contributed by atoms with van der Waals surface area (Å²) in [5, 5.41) is 13.8. The Morgan fingerprint density at radius 1 is 1.19 bits per heavy atom. The Bertz CT molecular complexity index is 704. The molecule has 1 aromatic carbocycles. The summed E-state index contributed by atoms with van der Waals surface area (Å²) in [6.07, 6.45) is 2.48. The van der Waals surface area contributed by atoms with Crippen molar-refractivity contribution in [1.29, 1.82) is 0 Å². The van der Waals surface area contributed by atoms with E-state index in [4.69, 9.17) is 5.11 Å². The number of aromatic carboxylic acids is 1. The Morgan fingerprint density at radius 2 is 1.95 bits per heavy atom. The van der Waals surface area contributed by atoms with E-state index in [1.165, 1.54) is 36.7 Å². The molecule has 2 aromatic rings. The van der Waals surface area contributed by atoms with Crippen molar-refractivity contribution in [3.05, 3.63) is 53.6 Å². The molecule has 0 aliphatic heterocycles. The molecule has 0 saturated heterocycles. The van der Waals surface area contributed by atoms with Gasteiger partial charge in [-0.1, -0.05) is 6.07 Å². The molecule has 0 atom stereocenters. The Kier molecular flexibility index (Phi) is 4.13. The fraction of sp³-hybridized carbons (Fsp3) is 0.0714. The summed E-state index contributed by atoms with van der Waals surface area (Å²) in [5.41, 5.74) is 1.20. The largest absolute Gasteiger partial charge is 0.478 e. The van der Waals surface area contributed by atoms with Crippen LogP contribution in [-0.4, -0.2) is 22.1 Å². The lowest BCUT2D eigenvalue weighted by molar-refractivity contribution is 0.0696. The zero-order valence-corrected chi connectivity index (χ0v) is 11.1. The monoisotopic (exact) mass is 289 g/mol. The summed E-state index contributed by atoms with van der Waals surface area (Å²) in [6, 6.07) is 4.68. The molecule has 7 heteroatoms. The average molecular weight is 289 g/mol. The first kappa shape index (κ1) is 14.4. The van der Waals surface area contributed by atoms with E-state index in [-0.39, 0.29) is 11.3 Å². The van der Waals surface area contributed by atoms with Gasteiger partial charge in [-0.15, -0.1) is 0 Å². The number of urea groups is 1. The quantitative estimate of drug-likeness (QED) is 0.810. The maximum atomic E-state index is 13.1. The van der Waals surface area contributed by atoms with Crippen molar-refractivity contribution in [1.82, 2.24) is 4.98 Å². The van der Waals surface area contributed by atoms with Crippen LogP contribution in [0.25, 0.3) is 0 Å². The standard InChI is InChI=1S/C14H12FN3O3/c1-8-2-3-10(15)5-12(8)18-14(21)17-11-4-9(13(19)20)6-16-7-11/h2-7H,1H3,(H,19,20)(H2,17,18,21). The Morgan fingerprint density at radius 3 is 2.67 bits per heavy atom. The number of rotatable bonds is 3. The number of nitrogens with one attached hydrogen (secondary N) is 2. The third-order valence-corrected chi connectivity index (χ3v) is 2.69. The van der Waals surface area contributed by atoms with Crippen molar-refractivity contribution in [2.75, 3.05) is 10.6 Å². The minimum atomic E-state index is -1.15. The number of carbonyl (C=O) groups is 2. The number of aryl methyl sites for hydroxylation is 1. The van der Waals surface area contributed by atoms with Crippen LogP contribution >= 0.6 is 0 Å². The summed E-state index contributed by atoms with van der Waals surface area (Å²) in [4.78, 5) is 26.3. The maximum Gasteiger partial charge on any atom is 0.337 e. The van der Waals surface area contributed by atoms with Crippen LogP contribution in [0.4, 0.5) is 20.6 Å². The summed E-state index contributed by atoms with van der Waals surface area (Å²) in [6.45, 7) is 1.72. The Hall–Kier alpha value is -2.96. The molecule has 0 fully saturated rings. The van der Waals surface area contributed by atoms with E-state index in [1.807, 2.05) is 0 Å². The summed E-state index contributed by atoms with van der Waals surface area (Å²) in [5.74, 6) is -1.61. The van der Waals surface area contributed by atoms with E-state index in [0.717, 1.165) is 0 Å². The number of nitrogens with zero attached hydrogens (tertiary/aromatic N) is 1. The van der Waals surface area contributed by atoms with Gasteiger partial charge in [0.05, 0.1) is 17.4 Å². The zero-order valence-electron chi connectivity index (χ0n) is 11.1. The fourth-order valence-corrected chi connectivity index (χ4v) is 1.64. The molecule has 21 heavy (non-hydrogen) atoms. The Labute approximate surface area is 119 Å². The highest BCUT2D eigenvalue weighted by Crippen LogP contribution is 2.16. The van der Waals surface area contributed by atoms with Crippen molar-refractivity contribution >= 4 is 23.4 Å². The normalized spacial score (nSPS) is 10.0. The number of aromatic nitrogens is 1. The van der Waals surface area contributed by atoms with Gasteiger partial charge in [0.25, 0.3) is 0 Å². The Balaban J connectivity index is 2.10. The topological polar surface area (TPSA) is 91.3 Å². The number of hydrogen-bond donors (Lipinski definition) is 3. The first-order valence-corrected chi connectivity index (χ1v) is 5.98. The third-order valence-electron chi connectivity index (χ3n) is 2.69. The molecule has 6 nitrogen and oxygen atoms in total. The van der Waals surface area contributed by atoms with Gasteiger partial charge in [-0.2, -0.15) is 0 Å². The SMILES string of the molecule is Cc1ccc(F)cc1NC(=O)Nc1cncc(C(=O)O)c1. The van der Waals surface area contributed by atoms with Crippen LogP contribution in [0.3, 0.4) is 0 Å². The molecule has 0 aliphatic carbocycles. The minimum Gasteiger partial charge on any atom is -0.478 e. The van der Waals surface area contributed by atoms with Gasteiger partial charge in [0.15, 0.2) is 0 Å². The van der Waals surface area contributed by atoms with Crippen LogP contribution in [0.1, 0.15) is 15.9 Å². The molecule has 0 unspecified atom stereocenters. The first-order chi connectivity index (χ1) is 9.95. The van der Waals surface area contributed by atoms with Crippen molar-refractivity contribution in [3.8, 4) is 0 Å². The van der Waals surface area contributed by atoms with Crippen LogP contribution in [0.15, 0.2) is 36.7 Å². The lowest BCUT2D eigenvalue weighted by Crippen LogP contribution is -2.20. The van der Waals surface area contributed by atoms with E-state index in [9.17, 15) is 14.0 Å². The minimum absolute atomic E-state index is 0.0465. The zero-order chi connectivity index (χ0) is 15.4. The molecule has 3 N–H and O–H groups in total. The molecule has 108 valence electrons. The number of carboxylic acid groups (broad SMARTS) is 1. The molecular weight excluding hydrogens is 277 g/mol. The molecule has 0 bridgehead atoms. The summed E-state index contributed by atoms with van der Waals surface area (Å²) >= 11 is 0. The van der Waals surface area contributed by atoms with E-state index < -0.39 is 17.8 Å². The molecule has 0 radical (unpaired) electrons. The molecule has 0 saturated carbocycles. The predicted molar refractivity (Wildman–Crippen MR) is 75.0 cm³/mol. The number of amides is 2. The van der Waals surface area contributed by atoms with E-state index in [1.54, 1.807) is 6.92 Å². The highest BCUT2D eigenvalue weighted by Gasteiger charge is 2.08. The third kappa shape index (κ3) is 3.75. The lowest BCUT2D eigenvalue weighted by Gasteiger charge is -2.10. The number of benzene rings is 1.